The number of rotatable bonds is 5. The first-order valence-electron chi connectivity index (χ1n) is 7.39. The predicted molar refractivity (Wildman–Crippen MR) is 101 cm³/mol. The Morgan fingerprint density at radius 1 is 1.27 bits per heavy atom. The van der Waals surface area contributed by atoms with Gasteiger partial charge in [0.15, 0.2) is 0 Å². The van der Waals surface area contributed by atoms with Crippen LogP contribution in [0.15, 0.2) is 47.5 Å². The number of thioether (sulfide) groups is 1. The van der Waals surface area contributed by atoms with Crippen molar-refractivity contribution in [2.45, 2.75) is 17.6 Å². The van der Waals surface area contributed by atoms with Crippen molar-refractivity contribution in [1.29, 1.82) is 0 Å². The molecule has 0 bridgehead atoms. The van der Waals surface area contributed by atoms with Crippen LogP contribution < -0.4 is 5.32 Å². The summed E-state index contributed by atoms with van der Waals surface area (Å²) < 4.78 is 25.5. The van der Waals surface area contributed by atoms with Crippen LogP contribution in [0.25, 0.3) is 10.7 Å². The summed E-state index contributed by atoms with van der Waals surface area (Å²) >= 11 is 7.48. The molecule has 3 rings (SSSR count). The van der Waals surface area contributed by atoms with Crippen LogP contribution in [-0.4, -0.2) is 21.6 Å². The lowest BCUT2D eigenvalue weighted by Crippen LogP contribution is -2.12. The highest BCUT2D eigenvalue weighted by Crippen LogP contribution is 2.38. The number of alkyl halides is 2. The second kappa shape index (κ2) is 8.11. The summed E-state index contributed by atoms with van der Waals surface area (Å²) in [7, 11) is 0. The summed E-state index contributed by atoms with van der Waals surface area (Å²) in [5.74, 6) is -3.08. The number of aryl methyl sites for hydroxylation is 1. The fourth-order valence-electron chi connectivity index (χ4n) is 2.20. The van der Waals surface area contributed by atoms with Crippen LogP contribution >= 0.6 is 34.7 Å². The van der Waals surface area contributed by atoms with Crippen molar-refractivity contribution in [1.82, 2.24) is 9.97 Å². The van der Waals surface area contributed by atoms with E-state index >= 15 is 0 Å². The van der Waals surface area contributed by atoms with E-state index < -0.39 is 11.7 Å². The molecule has 1 aromatic carbocycles. The van der Waals surface area contributed by atoms with Crippen molar-refractivity contribution < 1.29 is 13.6 Å². The van der Waals surface area contributed by atoms with Crippen LogP contribution in [0.2, 0.25) is 5.02 Å². The topological polar surface area (TPSA) is 54.9 Å². The Bertz CT molecular complexity index is 935. The molecule has 2 heterocycles. The predicted octanol–water partition coefficient (Wildman–Crippen LogP) is 5.73. The van der Waals surface area contributed by atoms with Crippen LogP contribution in [0.3, 0.4) is 0 Å². The summed E-state index contributed by atoms with van der Waals surface area (Å²) in [6.45, 7) is 1.71. The van der Waals surface area contributed by atoms with E-state index in [1.807, 2.05) is 6.07 Å². The molecule has 26 heavy (non-hydrogen) atoms. The average molecular weight is 412 g/mol. The number of benzene rings is 1. The molecule has 1 amide bonds. The molecule has 134 valence electrons. The zero-order valence-corrected chi connectivity index (χ0v) is 15.8. The summed E-state index contributed by atoms with van der Waals surface area (Å²) in [6.07, 6.45) is 1.64. The maximum atomic E-state index is 12.8. The Morgan fingerprint density at radius 2 is 2.08 bits per heavy atom. The minimum Gasteiger partial charge on any atom is -0.320 e. The molecule has 9 heteroatoms. The van der Waals surface area contributed by atoms with E-state index in [9.17, 15) is 13.6 Å². The molecule has 0 aliphatic heterocycles. The number of halogens is 3. The number of pyridine rings is 1. The largest absolute Gasteiger partial charge is 0.320 e. The summed E-state index contributed by atoms with van der Waals surface area (Å²) in [6, 6.07) is 10.0. The second-order valence-electron chi connectivity index (χ2n) is 5.10. The molecule has 2 aromatic heterocycles. The Kier molecular flexibility index (Phi) is 5.85. The maximum absolute atomic E-state index is 12.8. The van der Waals surface area contributed by atoms with Gasteiger partial charge in [-0.05, 0) is 31.2 Å². The molecular formula is C17H12ClF2N3OS2. The summed E-state index contributed by atoms with van der Waals surface area (Å²) in [5.41, 5.74) is 1.44. The third kappa shape index (κ3) is 4.20. The van der Waals surface area contributed by atoms with E-state index in [4.69, 9.17) is 11.6 Å². The highest BCUT2D eigenvalue weighted by Gasteiger charge is 2.20. The second-order valence-corrected chi connectivity index (χ2v) is 7.50. The van der Waals surface area contributed by atoms with E-state index in [0.717, 1.165) is 0 Å². The third-order valence-electron chi connectivity index (χ3n) is 3.31. The number of aromatic nitrogens is 2. The first-order chi connectivity index (χ1) is 12.5. The number of nitrogens with one attached hydrogen (secondary N) is 1. The van der Waals surface area contributed by atoms with Gasteiger partial charge in [-0.3, -0.25) is 9.78 Å². The highest BCUT2D eigenvalue weighted by atomic mass is 35.5. The van der Waals surface area contributed by atoms with Gasteiger partial charge in [-0.1, -0.05) is 35.5 Å². The standard InChI is InChI=1S/C17H12ClF2N3OS2/c1-9-13(25-16(22-9)12-6-2-3-8-21-12)15(24)23-11-7-4-5-10(18)14(11)26-17(19)20/h2-8,17H,1H3,(H,23,24). The van der Waals surface area contributed by atoms with Crippen molar-refractivity contribution in [2.24, 2.45) is 0 Å². The quantitative estimate of drug-likeness (QED) is 0.544. The highest BCUT2D eigenvalue weighted by molar-refractivity contribution is 7.99. The zero-order valence-electron chi connectivity index (χ0n) is 13.4. The number of carbonyl (C=O) groups excluding carboxylic acids is 1. The molecule has 0 atom stereocenters. The lowest BCUT2D eigenvalue weighted by molar-refractivity contribution is 0.102. The minimum atomic E-state index is -2.65. The van der Waals surface area contributed by atoms with Gasteiger partial charge in [-0.2, -0.15) is 8.78 Å². The monoisotopic (exact) mass is 411 g/mol. The molecule has 0 radical (unpaired) electrons. The van der Waals surface area contributed by atoms with Gasteiger partial charge >= 0.3 is 0 Å². The fourth-order valence-corrected chi connectivity index (χ4v) is 4.05. The van der Waals surface area contributed by atoms with E-state index in [2.05, 4.69) is 15.3 Å². The molecule has 0 spiro atoms. The maximum Gasteiger partial charge on any atom is 0.289 e. The molecule has 0 saturated heterocycles. The van der Waals surface area contributed by atoms with Crippen LogP contribution in [0, 0.1) is 6.92 Å². The van der Waals surface area contributed by atoms with E-state index in [0.29, 0.717) is 33.0 Å². The first-order valence-corrected chi connectivity index (χ1v) is 9.46. The van der Waals surface area contributed by atoms with Crippen LogP contribution in [-0.2, 0) is 0 Å². The van der Waals surface area contributed by atoms with Crippen LogP contribution in [0.4, 0.5) is 14.5 Å². The number of thiazole rings is 1. The van der Waals surface area contributed by atoms with E-state index in [1.165, 1.54) is 23.5 Å². The normalized spacial score (nSPS) is 11.0. The number of hydrogen-bond donors (Lipinski definition) is 1. The average Bonchev–Trinajstić information content (AvgIpc) is 3.00. The first kappa shape index (κ1) is 18.8. The van der Waals surface area contributed by atoms with Crippen LogP contribution in [0.5, 0.6) is 0 Å². The van der Waals surface area contributed by atoms with Gasteiger partial charge in [-0.15, -0.1) is 11.3 Å². The number of hydrogen-bond acceptors (Lipinski definition) is 5. The Morgan fingerprint density at radius 3 is 2.77 bits per heavy atom. The number of carbonyl (C=O) groups is 1. The molecule has 0 saturated carbocycles. The van der Waals surface area contributed by atoms with Gasteiger partial charge in [0.2, 0.25) is 0 Å². The Labute approximate surface area is 161 Å². The van der Waals surface area contributed by atoms with Gasteiger partial charge in [0.1, 0.15) is 9.88 Å². The molecule has 4 nitrogen and oxygen atoms in total. The summed E-state index contributed by atoms with van der Waals surface area (Å²) in [4.78, 5) is 21.7. The molecule has 0 unspecified atom stereocenters. The van der Waals surface area contributed by atoms with E-state index in [1.54, 1.807) is 31.3 Å². The van der Waals surface area contributed by atoms with Crippen molar-refractivity contribution in [3.8, 4) is 10.7 Å². The van der Waals surface area contributed by atoms with Crippen molar-refractivity contribution in [2.75, 3.05) is 5.32 Å². The molecule has 0 aliphatic rings. The van der Waals surface area contributed by atoms with Gasteiger partial charge in [0.05, 0.1) is 27.0 Å². The van der Waals surface area contributed by atoms with E-state index in [-0.39, 0.29) is 15.6 Å². The number of nitrogens with zero attached hydrogens (tertiary/aromatic N) is 2. The fraction of sp³-hybridized carbons (Fsp3) is 0.118. The molecule has 1 N–H and O–H groups in total. The lowest BCUT2D eigenvalue weighted by atomic mass is 10.3. The molecule has 0 fully saturated rings. The lowest BCUT2D eigenvalue weighted by Gasteiger charge is -2.11. The van der Waals surface area contributed by atoms with Crippen LogP contribution in [0.1, 0.15) is 15.4 Å². The number of amides is 1. The Hall–Kier alpha value is -2.03. The van der Waals surface area contributed by atoms with Gasteiger partial charge in [-0.25, -0.2) is 4.98 Å². The molecule has 0 aliphatic carbocycles. The zero-order chi connectivity index (χ0) is 18.7. The van der Waals surface area contributed by atoms with Crippen molar-refractivity contribution in [3.05, 3.63) is 58.2 Å². The van der Waals surface area contributed by atoms with Crippen molar-refractivity contribution >= 4 is 46.3 Å². The van der Waals surface area contributed by atoms with Gasteiger partial charge in [0.25, 0.3) is 11.7 Å². The smallest absolute Gasteiger partial charge is 0.289 e. The SMILES string of the molecule is Cc1nc(-c2ccccn2)sc1C(=O)Nc1cccc(Cl)c1SC(F)F. The van der Waals surface area contributed by atoms with Gasteiger partial charge < -0.3 is 5.32 Å². The molecule has 3 aromatic rings. The Balaban J connectivity index is 1.88. The summed E-state index contributed by atoms with van der Waals surface area (Å²) in [5, 5.41) is 3.42. The number of anilines is 1. The van der Waals surface area contributed by atoms with Crippen molar-refractivity contribution in [3.63, 3.8) is 0 Å². The third-order valence-corrected chi connectivity index (χ3v) is 5.77. The minimum absolute atomic E-state index is 0.129. The van der Waals surface area contributed by atoms with Gasteiger partial charge in [0, 0.05) is 6.20 Å². The molecular weight excluding hydrogens is 400 g/mol.